The molecular formula is C6H11NO. The Kier molecular flexibility index (Phi) is 3.12. The van der Waals surface area contributed by atoms with Crippen LogP contribution < -0.4 is 5.73 Å². The van der Waals surface area contributed by atoms with Gasteiger partial charge in [-0.25, -0.2) is 0 Å². The molecule has 0 unspecified atom stereocenters. The minimum Gasteiger partial charge on any atom is -0.324 e. The summed E-state index contributed by atoms with van der Waals surface area (Å²) < 4.78 is 0. The lowest BCUT2D eigenvalue weighted by Gasteiger charge is -1.91. The Bertz CT molecular complexity index is 116. The molecular weight excluding hydrogens is 102 g/mol. The summed E-state index contributed by atoms with van der Waals surface area (Å²) in [7, 11) is 0. The Morgan fingerprint density at radius 1 is 1.75 bits per heavy atom. The van der Waals surface area contributed by atoms with Gasteiger partial charge in [-0.3, -0.25) is 4.79 Å². The number of nitrogens with two attached hydrogens (primary N) is 1. The van der Waals surface area contributed by atoms with E-state index in [2.05, 4.69) is 0 Å². The fourth-order valence-corrected chi connectivity index (χ4v) is 0.322. The number of allylic oxidation sites excluding steroid dienone is 1. The third-order valence-corrected chi connectivity index (χ3v) is 1.06. The number of hydrogen-bond acceptors (Lipinski definition) is 2. The van der Waals surface area contributed by atoms with Gasteiger partial charge in [0.2, 0.25) is 0 Å². The Balaban J connectivity index is 3.83. The quantitative estimate of drug-likeness (QED) is 0.529. The predicted octanol–water partition coefficient (Wildman–Crippen LogP) is 0.480. The summed E-state index contributed by atoms with van der Waals surface area (Å²) >= 11 is 0. The van der Waals surface area contributed by atoms with Crippen molar-refractivity contribution in [3.8, 4) is 0 Å². The largest absolute Gasteiger partial charge is 0.324 e. The van der Waals surface area contributed by atoms with Gasteiger partial charge >= 0.3 is 0 Å². The lowest BCUT2D eigenvalue weighted by atomic mass is 10.2. The van der Waals surface area contributed by atoms with Crippen LogP contribution in [0, 0.1) is 0 Å². The predicted molar refractivity (Wildman–Crippen MR) is 33.5 cm³/mol. The van der Waals surface area contributed by atoms with Crippen LogP contribution in [0.4, 0.5) is 0 Å². The number of carbonyl (C=O) groups is 1. The molecule has 0 fully saturated rings. The normalized spacial score (nSPS) is 11.6. The summed E-state index contributed by atoms with van der Waals surface area (Å²) in [6.07, 6.45) is 1.76. The molecule has 0 aliphatic heterocycles. The molecule has 2 heteroatoms. The SMILES string of the molecule is C/C=C(\C)C(=O)CN. The standard InChI is InChI=1S/C6H11NO/c1-3-5(2)6(8)4-7/h3H,4,7H2,1-2H3/b5-3+. The molecule has 46 valence electrons. The maximum Gasteiger partial charge on any atom is 0.171 e. The van der Waals surface area contributed by atoms with Crippen LogP contribution in [0.15, 0.2) is 11.6 Å². The molecule has 2 nitrogen and oxygen atoms in total. The van der Waals surface area contributed by atoms with Gasteiger partial charge in [0.15, 0.2) is 5.78 Å². The molecule has 0 bridgehead atoms. The Morgan fingerprint density at radius 3 is 2.38 bits per heavy atom. The first kappa shape index (κ1) is 7.37. The van der Waals surface area contributed by atoms with Crippen LogP contribution in [-0.2, 0) is 4.79 Å². The van der Waals surface area contributed by atoms with Crippen molar-refractivity contribution >= 4 is 5.78 Å². The second kappa shape index (κ2) is 3.38. The molecule has 0 radical (unpaired) electrons. The van der Waals surface area contributed by atoms with Crippen LogP contribution >= 0.6 is 0 Å². The van der Waals surface area contributed by atoms with E-state index in [1.807, 2.05) is 6.92 Å². The molecule has 0 spiro atoms. The molecule has 0 rings (SSSR count). The molecule has 0 aromatic carbocycles. The zero-order valence-electron chi connectivity index (χ0n) is 5.27. The van der Waals surface area contributed by atoms with Crippen LogP contribution in [0.3, 0.4) is 0 Å². The highest BCUT2D eigenvalue weighted by atomic mass is 16.1. The smallest absolute Gasteiger partial charge is 0.171 e. The zero-order chi connectivity index (χ0) is 6.57. The highest BCUT2D eigenvalue weighted by molar-refractivity contribution is 5.96. The van der Waals surface area contributed by atoms with Crippen LogP contribution in [0.5, 0.6) is 0 Å². The van der Waals surface area contributed by atoms with E-state index in [1.165, 1.54) is 0 Å². The molecule has 0 saturated heterocycles. The first-order valence-corrected chi connectivity index (χ1v) is 2.58. The molecule has 0 aliphatic carbocycles. The first-order chi connectivity index (χ1) is 3.72. The fraction of sp³-hybridized carbons (Fsp3) is 0.500. The molecule has 0 heterocycles. The van der Waals surface area contributed by atoms with Gasteiger partial charge < -0.3 is 5.73 Å². The minimum atomic E-state index is 0.0208. The van der Waals surface area contributed by atoms with Crippen molar-refractivity contribution in [2.75, 3.05) is 6.54 Å². The zero-order valence-corrected chi connectivity index (χ0v) is 5.27. The van der Waals surface area contributed by atoms with E-state index in [4.69, 9.17) is 5.73 Å². The number of carbonyl (C=O) groups excluding carboxylic acids is 1. The molecule has 0 amide bonds. The van der Waals surface area contributed by atoms with Crippen LogP contribution in [-0.4, -0.2) is 12.3 Å². The van der Waals surface area contributed by atoms with E-state index >= 15 is 0 Å². The highest BCUT2D eigenvalue weighted by Gasteiger charge is 1.96. The topological polar surface area (TPSA) is 43.1 Å². The lowest BCUT2D eigenvalue weighted by Crippen LogP contribution is -2.13. The Labute approximate surface area is 49.4 Å². The van der Waals surface area contributed by atoms with Crippen molar-refractivity contribution in [2.24, 2.45) is 5.73 Å². The van der Waals surface area contributed by atoms with E-state index in [0.717, 1.165) is 5.57 Å². The van der Waals surface area contributed by atoms with Gasteiger partial charge in [-0.15, -0.1) is 0 Å². The molecule has 0 saturated carbocycles. The molecule has 0 aromatic rings. The van der Waals surface area contributed by atoms with Crippen LogP contribution in [0.1, 0.15) is 13.8 Å². The lowest BCUT2D eigenvalue weighted by molar-refractivity contribution is -0.114. The van der Waals surface area contributed by atoms with Gasteiger partial charge in [-0.1, -0.05) is 6.08 Å². The van der Waals surface area contributed by atoms with Crippen molar-refractivity contribution in [3.05, 3.63) is 11.6 Å². The van der Waals surface area contributed by atoms with E-state index in [9.17, 15) is 4.79 Å². The van der Waals surface area contributed by atoms with Crippen molar-refractivity contribution in [1.29, 1.82) is 0 Å². The van der Waals surface area contributed by atoms with E-state index in [-0.39, 0.29) is 12.3 Å². The van der Waals surface area contributed by atoms with Gasteiger partial charge in [0, 0.05) is 0 Å². The summed E-state index contributed by atoms with van der Waals surface area (Å²) in [6, 6.07) is 0. The number of Topliss-reactive ketones (excluding diaryl/α,β-unsaturated/α-hetero) is 1. The summed E-state index contributed by atoms with van der Waals surface area (Å²) in [4.78, 5) is 10.5. The Hall–Kier alpha value is -0.630. The molecule has 8 heavy (non-hydrogen) atoms. The van der Waals surface area contributed by atoms with E-state index in [0.29, 0.717) is 0 Å². The summed E-state index contributed by atoms with van der Waals surface area (Å²) in [6.45, 7) is 3.70. The monoisotopic (exact) mass is 113 g/mol. The average Bonchev–Trinajstić information content (AvgIpc) is 1.84. The minimum absolute atomic E-state index is 0.0208. The van der Waals surface area contributed by atoms with Crippen molar-refractivity contribution in [2.45, 2.75) is 13.8 Å². The average molecular weight is 113 g/mol. The van der Waals surface area contributed by atoms with Gasteiger partial charge in [-0.05, 0) is 19.4 Å². The van der Waals surface area contributed by atoms with Crippen LogP contribution in [0.2, 0.25) is 0 Å². The van der Waals surface area contributed by atoms with Crippen LogP contribution in [0.25, 0.3) is 0 Å². The van der Waals surface area contributed by atoms with E-state index < -0.39 is 0 Å². The second-order valence-electron chi connectivity index (χ2n) is 1.60. The number of ketones is 1. The summed E-state index contributed by atoms with van der Waals surface area (Å²) in [5.74, 6) is 0.0208. The molecule has 0 aliphatic rings. The fourth-order valence-electron chi connectivity index (χ4n) is 0.322. The Morgan fingerprint density at radius 2 is 2.25 bits per heavy atom. The first-order valence-electron chi connectivity index (χ1n) is 2.58. The van der Waals surface area contributed by atoms with Gasteiger partial charge in [0.25, 0.3) is 0 Å². The highest BCUT2D eigenvalue weighted by Crippen LogP contribution is 1.90. The maximum absolute atomic E-state index is 10.5. The summed E-state index contributed by atoms with van der Waals surface area (Å²) in [5.41, 5.74) is 5.80. The third-order valence-electron chi connectivity index (χ3n) is 1.06. The van der Waals surface area contributed by atoms with Gasteiger partial charge in [-0.2, -0.15) is 0 Å². The van der Waals surface area contributed by atoms with Crippen molar-refractivity contribution < 1.29 is 4.79 Å². The van der Waals surface area contributed by atoms with E-state index in [1.54, 1.807) is 13.0 Å². The molecule has 2 N–H and O–H groups in total. The third kappa shape index (κ3) is 1.89. The number of rotatable bonds is 2. The van der Waals surface area contributed by atoms with Gasteiger partial charge in [0.05, 0.1) is 6.54 Å². The van der Waals surface area contributed by atoms with Crippen molar-refractivity contribution in [3.63, 3.8) is 0 Å². The molecule has 0 aromatic heterocycles. The second-order valence-corrected chi connectivity index (χ2v) is 1.60. The molecule has 0 atom stereocenters. The van der Waals surface area contributed by atoms with Gasteiger partial charge in [0.1, 0.15) is 0 Å². The van der Waals surface area contributed by atoms with Crippen molar-refractivity contribution in [1.82, 2.24) is 0 Å². The summed E-state index contributed by atoms with van der Waals surface area (Å²) in [5, 5.41) is 0. The number of hydrogen-bond donors (Lipinski definition) is 1. The maximum atomic E-state index is 10.5.